The predicted octanol–water partition coefficient (Wildman–Crippen LogP) is 7.21. The molecular weight excluding hydrogens is 340 g/mol. The Kier molecular flexibility index (Phi) is 4.09. The molecule has 0 atom stereocenters. The predicted molar refractivity (Wildman–Crippen MR) is 120 cm³/mol. The summed E-state index contributed by atoms with van der Waals surface area (Å²) in [4.78, 5) is 11.5. The fourth-order valence-electron chi connectivity index (χ4n) is 4.57. The van der Waals surface area contributed by atoms with E-state index in [2.05, 4.69) is 78.9 Å². The third-order valence-electron chi connectivity index (χ3n) is 5.81. The van der Waals surface area contributed by atoms with Crippen LogP contribution in [0, 0.1) is 0 Å². The van der Waals surface area contributed by atoms with Crippen molar-refractivity contribution in [2.75, 3.05) is 0 Å². The summed E-state index contributed by atoms with van der Waals surface area (Å²) in [7, 11) is 0. The monoisotopic (exact) mass is 362 g/mol. The highest BCUT2D eigenvalue weighted by molar-refractivity contribution is 6.32. The fraction of sp³-hybridized carbons (Fsp3) is 0.148. The van der Waals surface area contributed by atoms with Crippen LogP contribution < -0.4 is 0 Å². The molecular formula is C27H22O. The van der Waals surface area contributed by atoms with Crippen LogP contribution in [0.25, 0.3) is 43.1 Å². The minimum Gasteiger partial charge on any atom is -0.300 e. The number of Topliss-reactive ketones (excluding diaryl/α,β-unsaturated/α-hetero) is 1. The molecule has 0 saturated heterocycles. The second-order valence-corrected chi connectivity index (χ2v) is 7.65. The van der Waals surface area contributed by atoms with Gasteiger partial charge in [0.25, 0.3) is 0 Å². The minimum atomic E-state index is 0.265. The lowest BCUT2D eigenvalue weighted by Crippen LogP contribution is -1.95. The lowest BCUT2D eigenvalue weighted by atomic mass is 9.88. The zero-order valence-corrected chi connectivity index (χ0v) is 16.0. The highest BCUT2D eigenvalue weighted by atomic mass is 16.1. The molecule has 28 heavy (non-hydrogen) atoms. The lowest BCUT2D eigenvalue weighted by molar-refractivity contribution is -0.117. The van der Waals surface area contributed by atoms with Crippen molar-refractivity contribution in [3.8, 4) is 0 Å². The molecule has 1 nitrogen and oxygen atoms in total. The molecule has 0 aromatic heterocycles. The van der Waals surface area contributed by atoms with Crippen molar-refractivity contribution < 1.29 is 4.79 Å². The van der Waals surface area contributed by atoms with Gasteiger partial charge in [-0.25, -0.2) is 0 Å². The zero-order valence-electron chi connectivity index (χ0n) is 16.0. The molecule has 0 heterocycles. The molecule has 0 unspecified atom stereocenters. The molecule has 0 radical (unpaired) electrons. The molecule has 1 heteroatoms. The molecule has 0 amide bonds. The Morgan fingerprint density at radius 3 is 2.04 bits per heavy atom. The molecule has 5 aromatic rings. The maximum absolute atomic E-state index is 11.5. The molecule has 5 rings (SSSR count). The zero-order chi connectivity index (χ0) is 19.1. The van der Waals surface area contributed by atoms with Gasteiger partial charge in [-0.2, -0.15) is 0 Å². The van der Waals surface area contributed by atoms with E-state index >= 15 is 0 Å². The van der Waals surface area contributed by atoms with Crippen LogP contribution in [0.15, 0.2) is 78.9 Å². The van der Waals surface area contributed by atoms with Crippen LogP contribution in [0.2, 0.25) is 0 Å². The summed E-state index contributed by atoms with van der Waals surface area (Å²) in [5.74, 6) is 0.265. The number of ketones is 1. The van der Waals surface area contributed by atoms with Crippen molar-refractivity contribution >= 4 is 48.9 Å². The van der Waals surface area contributed by atoms with Crippen LogP contribution in [0.5, 0.6) is 0 Å². The number of benzene rings is 5. The van der Waals surface area contributed by atoms with Gasteiger partial charge in [-0.1, -0.05) is 78.9 Å². The van der Waals surface area contributed by atoms with Gasteiger partial charge in [0.2, 0.25) is 0 Å². The van der Waals surface area contributed by atoms with E-state index in [4.69, 9.17) is 0 Å². The number of carbonyl (C=O) groups is 1. The summed E-state index contributed by atoms with van der Waals surface area (Å²) in [5, 5.41) is 10.5. The fourth-order valence-corrected chi connectivity index (χ4v) is 4.57. The Morgan fingerprint density at radius 1 is 0.643 bits per heavy atom. The molecule has 0 aliphatic rings. The number of rotatable bonds is 4. The van der Waals surface area contributed by atoms with E-state index in [0.717, 1.165) is 12.8 Å². The van der Waals surface area contributed by atoms with Gasteiger partial charge in [0.05, 0.1) is 0 Å². The van der Waals surface area contributed by atoms with E-state index in [0.29, 0.717) is 6.42 Å². The van der Waals surface area contributed by atoms with Gasteiger partial charge in [-0.15, -0.1) is 0 Å². The van der Waals surface area contributed by atoms with Gasteiger partial charge in [-0.05, 0) is 68.4 Å². The largest absolute Gasteiger partial charge is 0.300 e. The molecule has 0 aliphatic carbocycles. The summed E-state index contributed by atoms with van der Waals surface area (Å²) in [6.45, 7) is 1.68. The van der Waals surface area contributed by atoms with Gasteiger partial charge in [-0.3, -0.25) is 0 Å². The third kappa shape index (κ3) is 2.66. The topological polar surface area (TPSA) is 17.1 Å². The van der Waals surface area contributed by atoms with Crippen molar-refractivity contribution in [1.29, 1.82) is 0 Å². The highest BCUT2D eigenvalue weighted by Crippen LogP contribution is 2.40. The molecule has 0 saturated carbocycles. The lowest BCUT2D eigenvalue weighted by Gasteiger charge is -2.16. The summed E-state index contributed by atoms with van der Waals surface area (Å²) >= 11 is 0. The van der Waals surface area contributed by atoms with Gasteiger partial charge in [0, 0.05) is 6.42 Å². The minimum absolute atomic E-state index is 0.265. The van der Waals surface area contributed by atoms with E-state index in [1.54, 1.807) is 6.92 Å². The maximum Gasteiger partial charge on any atom is 0.129 e. The van der Waals surface area contributed by atoms with Crippen molar-refractivity contribution in [2.24, 2.45) is 0 Å². The average Bonchev–Trinajstić information content (AvgIpc) is 2.73. The SMILES string of the molecule is CC(=O)CCCc1cccc2c3ccccc3c3ccc4ccccc4c3c12. The van der Waals surface area contributed by atoms with Crippen LogP contribution in [0.3, 0.4) is 0 Å². The second-order valence-electron chi connectivity index (χ2n) is 7.65. The second kappa shape index (κ2) is 6.76. The smallest absolute Gasteiger partial charge is 0.129 e. The van der Waals surface area contributed by atoms with Crippen LogP contribution >= 0.6 is 0 Å². The third-order valence-corrected chi connectivity index (χ3v) is 5.81. The molecule has 0 N–H and O–H groups in total. The Morgan fingerprint density at radius 2 is 1.29 bits per heavy atom. The first kappa shape index (κ1) is 16.9. The number of hydrogen-bond donors (Lipinski definition) is 0. The Balaban J connectivity index is 1.95. The van der Waals surface area contributed by atoms with Crippen LogP contribution in [-0.4, -0.2) is 5.78 Å². The number of carbonyl (C=O) groups excluding carboxylic acids is 1. The van der Waals surface area contributed by atoms with E-state index in [9.17, 15) is 4.79 Å². The van der Waals surface area contributed by atoms with Gasteiger partial charge in [0.15, 0.2) is 0 Å². The van der Waals surface area contributed by atoms with E-state index in [-0.39, 0.29) is 5.78 Å². The normalized spacial score (nSPS) is 11.6. The Bertz CT molecular complexity index is 1360. The number of fused-ring (bicyclic) bond motifs is 8. The summed E-state index contributed by atoms with van der Waals surface area (Å²) in [6, 6.07) is 28.5. The summed E-state index contributed by atoms with van der Waals surface area (Å²) in [6.07, 6.45) is 2.46. The summed E-state index contributed by atoms with van der Waals surface area (Å²) in [5.41, 5.74) is 1.34. The summed E-state index contributed by atoms with van der Waals surface area (Å²) < 4.78 is 0. The van der Waals surface area contributed by atoms with Crippen molar-refractivity contribution in [1.82, 2.24) is 0 Å². The standard InChI is InChI=1S/C27H22O/c1-18(28)8-6-10-20-11-7-15-24-22-13-4-5-14-23(22)25-17-16-19-9-2-3-12-21(19)27(25)26(20)24/h2-5,7,9,11-17H,6,8,10H2,1H3. The van der Waals surface area contributed by atoms with Gasteiger partial charge in [0.1, 0.15) is 5.78 Å². The maximum atomic E-state index is 11.5. The van der Waals surface area contributed by atoms with Gasteiger partial charge >= 0.3 is 0 Å². The molecule has 0 fully saturated rings. The van der Waals surface area contributed by atoms with Crippen LogP contribution in [0.1, 0.15) is 25.3 Å². The van der Waals surface area contributed by atoms with E-state index in [1.807, 2.05) is 0 Å². The highest BCUT2D eigenvalue weighted by Gasteiger charge is 2.13. The van der Waals surface area contributed by atoms with Crippen LogP contribution in [0.4, 0.5) is 0 Å². The van der Waals surface area contributed by atoms with Crippen LogP contribution in [-0.2, 0) is 11.2 Å². The molecule has 0 aliphatic heterocycles. The molecule has 136 valence electrons. The molecule has 0 bridgehead atoms. The Labute approximate surface area is 164 Å². The number of aryl methyl sites for hydroxylation is 1. The first-order valence-corrected chi connectivity index (χ1v) is 9.97. The number of hydrogen-bond acceptors (Lipinski definition) is 1. The van der Waals surface area contributed by atoms with E-state index < -0.39 is 0 Å². The molecule has 0 spiro atoms. The van der Waals surface area contributed by atoms with E-state index in [1.165, 1.54) is 48.7 Å². The Hall–Kier alpha value is -3.19. The van der Waals surface area contributed by atoms with Gasteiger partial charge < -0.3 is 4.79 Å². The average molecular weight is 362 g/mol. The molecule has 5 aromatic carbocycles. The first-order chi connectivity index (χ1) is 13.7. The van der Waals surface area contributed by atoms with Crippen molar-refractivity contribution in [3.63, 3.8) is 0 Å². The van der Waals surface area contributed by atoms with Crippen molar-refractivity contribution in [3.05, 3.63) is 84.4 Å². The quantitative estimate of drug-likeness (QED) is 0.309. The first-order valence-electron chi connectivity index (χ1n) is 9.97. The van der Waals surface area contributed by atoms with Crippen molar-refractivity contribution in [2.45, 2.75) is 26.2 Å².